The van der Waals surface area contributed by atoms with Crippen molar-refractivity contribution >= 4 is 11.8 Å². The molecule has 0 radical (unpaired) electrons. The Kier molecular flexibility index (Phi) is 6.48. The van der Waals surface area contributed by atoms with E-state index in [9.17, 15) is 9.59 Å². The normalized spacial score (nSPS) is 19.5. The van der Waals surface area contributed by atoms with Crippen LogP contribution in [0.3, 0.4) is 0 Å². The Morgan fingerprint density at radius 2 is 1.56 bits per heavy atom. The molecule has 25 heavy (non-hydrogen) atoms. The van der Waals surface area contributed by atoms with Gasteiger partial charge in [-0.1, -0.05) is 38.5 Å². The first-order valence-corrected chi connectivity index (χ1v) is 9.84. The van der Waals surface area contributed by atoms with Gasteiger partial charge >= 0.3 is 0 Å². The lowest BCUT2D eigenvalue weighted by Gasteiger charge is -2.22. The van der Waals surface area contributed by atoms with Crippen LogP contribution in [-0.2, 0) is 11.3 Å². The molecule has 2 amide bonds. The van der Waals surface area contributed by atoms with Gasteiger partial charge in [0.1, 0.15) is 5.69 Å². The van der Waals surface area contributed by atoms with Gasteiger partial charge in [0, 0.05) is 31.2 Å². The molecular weight excluding hydrogens is 316 g/mol. The molecule has 2 aliphatic carbocycles. The van der Waals surface area contributed by atoms with Crippen LogP contribution in [0.1, 0.15) is 81.1 Å². The number of hydrogen-bond acceptors (Lipinski definition) is 3. The van der Waals surface area contributed by atoms with Gasteiger partial charge in [0.15, 0.2) is 0 Å². The van der Waals surface area contributed by atoms with Gasteiger partial charge in [-0.2, -0.15) is 5.10 Å². The zero-order chi connectivity index (χ0) is 17.5. The summed E-state index contributed by atoms with van der Waals surface area (Å²) in [4.78, 5) is 24.3. The molecule has 2 aliphatic rings. The molecule has 0 saturated heterocycles. The highest BCUT2D eigenvalue weighted by atomic mass is 16.2. The molecule has 3 rings (SSSR count). The fourth-order valence-electron chi connectivity index (χ4n) is 3.88. The first-order chi connectivity index (χ1) is 12.2. The van der Waals surface area contributed by atoms with Crippen LogP contribution in [0.2, 0.25) is 0 Å². The largest absolute Gasteiger partial charge is 0.353 e. The van der Waals surface area contributed by atoms with Gasteiger partial charge in [0.25, 0.3) is 5.91 Å². The van der Waals surface area contributed by atoms with E-state index in [2.05, 4.69) is 15.7 Å². The van der Waals surface area contributed by atoms with Crippen LogP contribution in [0.4, 0.5) is 0 Å². The average Bonchev–Trinajstić information content (AvgIpc) is 3.11. The van der Waals surface area contributed by atoms with Crippen LogP contribution in [0, 0.1) is 0 Å². The van der Waals surface area contributed by atoms with Crippen molar-refractivity contribution in [2.24, 2.45) is 0 Å². The Hall–Kier alpha value is -1.85. The van der Waals surface area contributed by atoms with Gasteiger partial charge in [-0.05, 0) is 31.7 Å². The standard InChI is InChI=1S/C19H30N4O2/c24-18(20-15-7-3-1-4-8-15)12-14-23-13-11-17(22-23)19(25)21-16-9-5-2-6-10-16/h11,13,15-16H,1-10,12,14H2,(H,20,24)(H,21,25). The van der Waals surface area contributed by atoms with E-state index in [4.69, 9.17) is 0 Å². The van der Waals surface area contributed by atoms with Crippen molar-refractivity contribution in [3.8, 4) is 0 Å². The van der Waals surface area contributed by atoms with Gasteiger partial charge in [0.05, 0.1) is 0 Å². The molecule has 0 bridgehead atoms. The van der Waals surface area contributed by atoms with E-state index in [1.165, 1.54) is 38.5 Å². The van der Waals surface area contributed by atoms with Crippen LogP contribution in [0.25, 0.3) is 0 Å². The molecule has 0 spiro atoms. The highest BCUT2D eigenvalue weighted by Gasteiger charge is 2.19. The number of nitrogens with one attached hydrogen (secondary N) is 2. The second kappa shape index (κ2) is 9.02. The van der Waals surface area contributed by atoms with E-state index < -0.39 is 0 Å². The summed E-state index contributed by atoms with van der Waals surface area (Å²) in [5, 5.41) is 10.5. The van der Waals surface area contributed by atoms with E-state index >= 15 is 0 Å². The molecular formula is C19H30N4O2. The number of nitrogens with zero attached hydrogens (tertiary/aromatic N) is 2. The molecule has 138 valence electrons. The monoisotopic (exact) mass is 346 g/mol. The van der Waals surface area contributed by atoms with E-state index in [0.717, 1.165) is 25.7 Å². The second-order valence-electron chi connectivity index (χ2n) is 7.42. The van der Waals surface area contributed by atoms with Crippen LogP contribution < -0.4 is 10.6 Å². The number of amides is 2. The van der Waals surface area contributed by atoms with Crippen molar-refractivity contribution in [1.29, 1.82) is 0 Å². The number of aryl methyl sites for hydroxylation is 1. The van der Waals surface area contributed by atoms with Gasteiger partial charge in [-0.15, -0.1) is 0 Å². The maximum atomic E-state index is 12.3. The molecule has 0 aromatic carbocycles. The number of aromatic nitrogens is 2. The first kappa shape index (κ1) is 18.0. The summed E-state index contributed by atoms with van der Waals surface area (Å²) >= 11 is 0. The Labute approximate surface area is 149 Å². The summed E-state index contributed by atoms with van der Waals surface area (Å²) in [6, 6.07) is 2.36. The lowest BCUT2D eigenvalue weighted by molar-refractivity contribution is -0.122. The zero-order valence-electron chi connectivity index (χ0n) is 15.0. The zero-order valence-corrected chi connectivity index (χ0v) is 15.0. The number of carbonyl (C=O) groups is 2. The molecule has 0 atom stereocenters. The minimum atomic E-state index is -0.0997. The molecule has 2 saturated carbocycles. The van der Waals surface area contributed by atoms with Gasteiger partial charge < -0.3 is 10.6 Å². The predicted molar refractivity (Wildman–Crippen MR) is 96.2 cm³/mol. The summed E-state index contributed by atoms with van der Waals surface area (Å²) in [6.07, 6.45) is 13.9. The number of carbonyl (C=O) groups excluding carboxylic acids is 2. The Morgan fingerprint density at radius 3 is 2.20 bits per heavy atom. The molecule has 2 N–H and O–H groups in total. The summed E-state index contributed by atoms with van der Waals surface area (Å²) in [7, 11) is 0. The third-order valence-electron chi connectivity index (χ3n) is 5.35. The summed E-state index contributed by atoms with van der Waals surface area (Å²) in [6.45, 7) is 0.509. The quantitative estimate of drug-likeness (QED) is 0.831. The summed E-state index contributed by atoms with van der Waals surface area (Å²) in [5.74, 6) is -0.0204. The molecule has 0 aliphatic heterocycles. The van der Waals surface area contributed by atoms with Crippen LogP contribution >= 0.6 is 0 Å². The van der Waals surface area contributed by atoms with Gasteiger partial charge in [-0.3, -0.25) is 14.3 Å². The summed E-state index contributed by atoms with van der Waals surface area (Å²) < 4.78 is 1.69. The fourth-order valence-corrected chi connectivity index (χ4v) is 3.88. The fraction of sp³-hybridized carbons (Fsp3) is 0.737. The minimum Gasteiger partial charge on any atom is -0.353 e. The SMILES string of the molecule is O=C(CCn1ccc(C(=O)NC2CCCCC2)n1)NC1CCCCC1. The third kappa shape index (κ3) is 5.58. The lowest BCUT2D eigenvalue weighted by atomic mass is 9.95. The lowest BCUT2D eigenvalue weighted by Crippen LogP contribution is -2.37. The molecule has 6 heteroatoms. The molecule has 1 heterocycles. The highest BCUT2D eigenvalue weighted by Crippen LogP contribution is 2.18. The minimum absolute atomic E-state index is 0.0793. The summed E-state index contributed by atoms with van der Waals surface area (Å²) in [5.41, 5.74) is 0.443. The highest BCUT2D eigenvalue weighted by molar-refractivity contribution is 5.92. The van der Waals surface area contributed by atoms with E-state index in [1.807, 2.05) is 0 Å². The van der Waals surface area contributed by atoms with Crippen molar-refractivity contribution in [2.75, 3.05) is 0 Å². The Bertz CT molecular complexity index is 572. The third-order valence-corrected chi connectivity index (χ3v) is 5.35. The molecule has 2 fully saturated rings. The van der Waals surface area contributed by atoms with Crippen LogP contribution in [0.5, 0.6) is 0 Å². The Balaban J connectivity index is 1.41. The van der Waals surface area contributed by atoms with Crippen molar-refractivity contribution in [3.05, 3.63) is 18.0 Å². The van der Waals surface area contributed by atoms with Crippen LogP contribution in [-0.4, -0.2) is 33.7 Å². The smallest absolute Gasteiger partial charge is 0.271 e. The van der Waals surface area contributed by atoms with Crippen molar-refractivity contribution in [1.82, 2.24) is 20.4 Å². The average molecular weight is 346 g/mol. The van der Waals surface area contributed by atoms with Crippen LogP contribution in [0.15, 0.2) is 12.3 Å². The van der Waals surface area contributed by atoms with Gasteiger partial charge in [0.2, 0.25) is 5.91 Å². The van der Waals surface area contributed by atoms with E-state index in [1.54, 1.807) is 16.9 Å². The maximum Gasteiger partial charge on any atom is 0.271 e. The first-order valence-electron chi connectivity index (χ1n) is 9.84. The Morgan fingerprint density at radius 1 is 0.960 bits per heavy atom. The molecule has 0 unspecified atom stereocenters. The van der Waals surface area contributed by atoms with Crippen molar-refractivity contribution < 1.29 is 9.59 Å². The molecule has 1 aromatic rings. The van der Waals surface area contributed by atoms with E-state index in [0.29, 0.717) is 24.7 Å². The number of hydrogen-bond donors (Lipinski definition) is 2. The van der Waals surface area contributed by atoms with Gasteiger partial charge in [-0.25, -0.2) is 0 Å². The second-order valence-corrected chi connectivity index (χ2v) is 7.42. The topological polar surface area (TPSA) is 76.0 Å². The van der Waals surface area contributed by atoms with Crippen molar-refractivity contribution in [2.45, 2.75) is 89.3 Å². The van der Waals surface area contributed by atoms with Crippen molar-refractivity contribution in [3.63, 3.8) is 0 Å². The number of rotatable bonds is 6. The molecule has 1 aromatic heterocycles. The predicted octanol–water partition coefficient (Wildman–Crippen LogP) is 2.78. The van der Waals surface area contributed by atoms with E-state index in [-0.39, 0.29) is 17.9 Å². The molecule has 6 nitrogen and oxygen atoms in total. The maximum absolute atomic E-state index is 12.3.